The zero-order chi connectivity index (χ0) is 23.0. The highest BCUT2D eigenvalue weighted by molar-refractivity contribution is 5.94. The largest absolute Gasteiger partial charge is 0.480 e. The summed E-state index contributed by atoms with van der Waals surface area (Å²) in [5.74, 6) is -3.82. The predicted molar refractivity (Wildman–Crippen MR) is 106 cm³/mol. The third-order valence-electron chi connectivity index (χ3n) is 4.32. The number of hydrogen-bond acceptors (Lipinski definition) is 7. The van der Waals surface area contributed by atoms with E-state index in [2.05, 4.69) is 25.9 Å². The molecule has 1 heterocycles. The number of nitrogens with one attached hydrogen (secondary N) is 4. The average molecular weight is 426 g/mol. The van der Waals surface area contributed by atoms with E-state index >= 15 is 0 Å². The SMILES string of the molecule is CC(N)C(=O)NC(C(=O)NC(C(=O)NC(Cc1cnc[nH]1)C(=O)O)C(C)C)C(C)O. The summed E-state index contributed by atoms with van der Waals surface area (Å²) in [4.78, 5) is 55.2. The highest BCUT2D eigenvalue weighted by atomic mass is 16.4. The minimum absolute atomic E-state index is 0.0272. The van der Waals surface area contributed by atoms with E-state index < -0.39 is 59.9 Å². The van der Waals surface area contributed by atoms with Gasteiger partial charge in [0.1, 0.15) is 18.1 Å². The van der Waals surface area contributed by atoms with Crippen LogP contribution in [0.1, 0.15) is 33.4 Å². The number of rotatable bonds is 11. The van der Waals surface area contributed by atoms with Crippen molar-refractivity contribution in [1.82, 2.24) is 25.9 Å². The Hall–Kier alpha value is -2.99. The van der Waals surface area contributed by atoms with Gasteiger partial charge in [0.05, 0.1) is 18.5 Å². The Bertz CT molecular complexity index is 734. The minimum atomic E-state index is -1.34. The first-order valence-corrected chi connectivity index (χ1v) is 9.48. The number of amides is 3. The second kappa shape index (κ2) is 11.3. The van der Waals surface area contributed by atoms with Gasteiger partial charge in [0, 0.05) is 18.3 Å². The maximum atomic E-state index is 12.7. The summed E-state index contributed by atoms with van der Waals surface area (Å²) in [6.45, 7) is 6.05. The fourth-order valence-electron chi connectivity index (χ4n) is 2.55. The van der Waals surface area contributed by atoms with Gasteiger partial charge in [-0.1, -0.05) is 13.8 Å². The number of carboxylic acid groups (broad SMARTS) is 1. The number of nitrogens with two attached hydrogens (primary N) is 1. The Balaban J connectivity index is 2.90. The van der Waals surface area contributed by atoms with Gasteiger partial charge in [0.25, 0.3) is 0 Å². The zero-order valence-corrected chi connectivity index (χ0v) is 17.4. The van der Waals surface area contributed by atoms with Crippen LogP contribution >= 0.6 is 0 Å². The molecule has 1 aromatic heterocycles. The van der Waals surface area contributed by atoms with Crippen molar-refractivity contribution in [2.75, 3.05) is 0 Å². The van der Waals surface area contributed by atoms with Gasteiger partial charge >= 0.3 is 5.97 Å². The molecule has 3 amide bonds. The van der Waals surface area contributed by atoms with E-state index in [-0.39, 0.29) is 6.42 Å². The third kappa shape index (κ3) is 7.44. The van der Waals surface area contributed by atoms with Gasteiger partial charge in [0.15, 0.2) is 0 Å². The number of aromatic amines is 1. The molecule has 8 N–H and O–H groups in total. The lowest BCUT2D eigenvalue weighted by Gasteiger charge is -2.27. The van der Waals surface area contributed by atoms with Crippen molar-refractivity contribution in [3.05, 3.63) is 18.2 Å². The molecule has 1 aromatic rings. The lowest BCUT2D eigenvalue weighted by Crippen LogP contribution is -2.60. The van der Waals surface area contributed by atoms with Crippen LogP contribution in [0.3, 0.4) is 0 Å². The number of aliphatic hydroxyl groups is 1. The quantitative estimate of drug-likeness (QED) is 0.208. The number of carbonyl (C=O) groups excluding carboxylic acids is 3. The molecule has 1 rings (SSSR count). The predicted octanol–water partition coefficient (Wildman–Crippen LogP) is -2.12. The first kappa shape index (κ1) is 25.0. The number of carboxylic acids is 1. The van der Waals surface area contributed by atoms with Gasteiger partial charge in [-0.2, -0.15) is 0 Å². The summed E-state index contributed by atoms with van der Waals surface area (Å²) in [5, 5.41) is 26.5. The molecule has 0 bridgehead atoms. The highest BCUT2D eigenvalue weighted by Gasteiger charge is 2.33. The normalized spacial score (nSPS) is 16.1. The molecule has 12 nitrogen and oxygen atoms in total. The number of hydrogen-bond donors (Lipinski definition) is 7. The Labute approximate surface area is 174 Å². The number of carbonyl (C=O) groups is 4. The lowest BCUT2D eigenvalue weighted by atomic mass is 10.0. The first-order chi connectivity index (χ1) is 13.9. The lowest BCUT2D eigenvalue weighted by molar-refractivity contribution is -0.142. The van der Waals surface area contributed by atoms with E-state index in [1.807, 2.05) is 0 Å². The topological polar surface area (TPSA) is 200 Å². The van der Waals surface area contributed by atoms with Gasteiger partial charge in [0.2, 0.25) is 17.7 Å². The zero-order valence-electron chi connectivity index (χ0n) is 17.4. The van der Waals surface area contributed by atoms with E-state index in [1.54, 1.807) is 13.8 Å². The van der Waals surface area contributed by atoms with Crippen LogP contribution in [0, 0.1) is 5.92 Å². The van der Waals surface area contributed by atoms with Crippen molar-refractivity contribution in [2.24, 2.45) is 11.7 Å². The molecule has 0 fully saturated rings. The molecule has 5 unspecified atom stereocenters. The number of nitrogens with zero attached hydrogens (tertiary/aromatic N) is 1. The third-order valence-corrected chi connectivity index (χ3v) is 4.32. The average Bonchev–Trinajstić information content (AvgIpc) is 3.15. The summed E-state index contributed by atoms with van der Waals surface area (Å²) < 4.78 is 0. The summed E-state index contributed by atoms with van der Waals surface area (Å²) in [6, 6.07) is -4.59. The molecule has 0 saturated carbocycles. The summed E-state index contributed by atoms with van der Waals surface area (Å²) >= 11 is 0. The summed E-state index contributed by atoms with van der Waals surface area (Å²) in [6.07, 6.45) is 1.55. The molecule has 0 aliphatic rings. The molecule has 5 atom stereocenters. The van der Waals surface area contributed by atoms with Crippen LogP contribution < -0.4 is 21.7 Å². The van der Waals surface area contributed by atoms with Gasteiger partial charge in [-0.05, 0) is 19.8 Å². The molecule has 0 radical (unpaired) electrons. The number of imidazole rings is 1. The van der Waals surface area contributed by atoms with Gasteiger partial charge < -0.3 is 36.9 Å². The van der Waals surface area contributed by atoms with Crippen molar-refractivity contribution in [3.8, 4) is 0 Å². The number of aliphatic carboxylic acids is 1. The van der Waals surface area contributed by atoms with Gasteiger partial charge in [-0.25, -0.2) is 9.78 Å². The van der Waals surface area contributed by atoms with Crippen LogP contribution in [0.2, 0.25) is 0 Å². The van der Waals surface area contributed by atoms with Crippen LogP contribution in [-0.2, 0) is 25.6 Å². The minimum Gasteiger partial charge on any atom is -0.480 e. The van der Waals surface area contributed by atoms with Crippen molar-refractivity contribution in [2.45, 2.75) is 64.4 Å². The van der Waals surface area contributed by atoms with Crippen molar-refractivity contribution in [3.63, 3.8) is 0 Å². The monoisotopic (exact) mass is 426 g/mol. The maximum Gasteiger partial charge on any atom is 0.326 e. The van der Waals surface area contributed by atoms with Crippen LogP contribution in [0.5, 0.6) is 0 Å². The fourth-order valence-corrected chi connectivity index (χ4v) is 2.55. The van der Waals surface area contributed by atoms with Crippen LogP contribution in [0.25, 0.3) is 0 Å². The molecule has 0 aliphatic carbocycles. The molecule has 12 heteroatoms. The fraction of sp³-hybridized carbons (Fsp3) is 0.611. The van der Waals surface area contributed by atoms with Crippen LogP contribution in [0.4, 0.5) is 0 Å². The Kier molecular flexibility index (Phi) is 9.40. The number of aromatic nitrogens is 2. The Morgan fingerprint density at radius 3 is 2.03 bits per heavy atom. The second-order valence-electron chi connectivity index (χ2n) is 7.43. The molecular formula is C18H30N6O6. The van der Waals surface area contributed by atoms with E-state index in [4.69, 9.17) is 5.73 Å². The van der Waals surface area contributed by atoms with Crippen LogP contribution in [0.15, 0.2) is 12.5 Å². The van der Waals surface area contributed by atoms with Crippen molar-refractivity contribution < 1.29 is 29.4 Å². The summed E-state index contributed by atoms with van der Waals surface area (Å²) in [7, 11) is 0. The molecule has 0 spiro atoms. The van der Waals surface area contributed by atoms with Crippen molar-refractivity contribution in [1.29, 1.82) is 0 Å². The first-order valence-electron chi connectivity index (χ1n) is 9.48. The van der Waals surface area contributed by atoms with Gasteiger partial charge in [-0.15, -0.1) is 0 Å². The molecule has 0 aliphatic heterocycles. The van der Waals surface area contributed by atoms with Gasteiger partial charge in [-0.3, -0.25) is 14.4 Å². The number of H-pyrrole nitrogens is 1. The Morgan fingerprint density at radius 1 is 1.03 bits per heavy atom. The Morgan fingerprint density at radius 2 is 1.60 bits per heavy atom. The summed E-state index contributed by atoms with van der Waals surface area (Å²) in [5.41, 5.74) is 5.98. The molecular weight excluding hydrogens is 396 g/mol. The highest BCUT2D eigenvalue weighted by Crippen LogP contribution is 2.06. The van der Waals surface area contributed by atoms with E-state index in [0.717, 1.165) is 0 Å². The molecule has 0 saturated heterocycles. The van der Waals surface area contributed by atoms with E-state index in [0.29, 0.717) is 5.69 Å². The van der Waals surface area contributed by atoms with Crippen molar-refractivity contribution >= 4 is 23.7 Å². The smallest absolute Gasteiger partial charge is 0.326 e. The molecule has 30 heavy (non-hydrogen) atoms. The van der Waals surface area contributed by atoms with Crippen LogP contribution in [-0.4, -0.2) is 74.1 Å². The second-order valence-corrected chi connectivity index (χ2v) is 7.43. The number of aliphatic hydroxyl groups excluding tert-OH is 1. The molecule has 0 aromatic carbocycles. The molecule has 168 valence electrons. The standard InChI is InChI=1S/C18H30N6O6/c1-8(2)13(23-17(28)14(10(4)25)24-15(26)9(3)19)16(27)22-12(18(29)30)5-11-6-20-7-21-11/h6-10,12-14,25H,5,19H2,1-4H3,(H,20,21)(H,22,27)(H,23,28)(H,24,26)(H,29,30). The van der Waals surface area contributed by atoms with E-state index in [9.17, 15) is 29.4 Å². The maximum absolute atomic E-state index is 12.7. The van der Waals surface area contributed by atoms with E-state index in [1.165, 1.54) is 26.4 Å².